The van der Waals surface area contributed by atoms with Crippen molar-refractivity contribution in [2.75, 3.05) is 18.4 Å². The Morgan fingerprint density at radius 3 is 2.25 bits per heavy atom. The Morgan fingerprint density at radius 1 is 1.00 bits per heavy atom. The predicted octanol–water partition coefficient (Wildman–Crippen LogP) is 2.64. The van der Waals surface area contributed by atoms with Crippen molar-refractivity contribution in [1.29, 1.82) is 0 Å². The number of anilines is 1. The molecule has 4 nitrogen and oxygen atoms in total. The van der Waals surface area contributed by atoms with Crippen molar-refractivity contribution in [2.24, 2.45) is 5.92 Å². The van der Waals surface area contributed by atoms with Gasteiger partial charge in [-0.2, -0.15) is 0 Å². The maximum atomic E-state index is 11.8. The first kappa shape index (κ1) is 12.7. The van der Waals surface area contributed by atoms with Gasteiger partial charge in [-0.15, -0.1) is 0 Å². The molecule has 102 valence electrons. The largest absolute Gasteiger partial charge is 0.457 e. The summed E-state index contributed by atoms with van der Waals surface area (Å²) in [5.74, 6) is 1.71. The molecule has 2 aromatic carbocycles. The van der Waals surface area contributed by atoms with Gasteiger partial charge in [-0.1, -0.05) is 18.2 Å². The lowest BCUT2D eigenvalue weighted by molar-refractivity contribution is -0.121. The van der Waals surface area contributed by atoms with E-state index in [-0.39, 0.29) is 11.8 Å². The van der Waals surface area contributed by atoms with Gasteiger partial charge in [0.05, 0.1) is 5.92 Å². The van der Waals surface area contributed by atoms with Gasteiger partial charge in [0.25, 0.3) is 0 Å². The topological polar surface area (TPSA) is 50.4 Å². The van der Waals surface area contributed by atoms with Crippen LogP contribution in [-0.2, 0) is 4.79 Å². The summed E-state index contributed by atoms with van der Waals surface area (Å²) in [4.78, 5) is 11.8. The Hall–Kier alpha value is -2.33. The summed E-state index contributed by atoms with van der Waals surface area (Å²) in [6.45, 7) is 1.53. The lowest BCUT2D eigenvalue weighted by Gasteiger charge is -2.25. The van der Waals surface area contributed by atoms with E-state index >= 15 is 0 Å². The van der Waals surface area contributed by atoms with Crippen molar-refractivity contribution in [2.45, 2.75) is 0 Å². The van der Waals surface area contributed by atoms with Crippen LogP contribution in [-0.4, -0.2) is 19.0 Å². The smallest absolute Gasteiger partial charge is 0.230 e. The lowest BCUT2D eigenvalue weighted by atomic mass is 10.0. The summed E-state index contributed by atoms with van der Waals surface area (Å²) in [7, 11) is 0. The second-order valence-electron chi connectivity index (χ2n) is 4.78. The highest BCUT2D eigenvalue weighted by Crippen LogP contribution is 2.22. The van der Waals surface area contributed by atoms with Gasteiger partial charge in [-0.05, 0) is 36.4 Å². The van der Waals surface area contributed by atoms with Gasteiger partial charge < -0.3 is 15.4 Å². The third kappa shape index (κ3) is 2.97. The fourth-order valence-electron chi connectivity index (χ4n) is 1.95. The zero-order valence-electron chi connectivity index (χ0n) is 11.0. The Kier molecular flexibility index (Phi) is 3.65. The zero-order chi connectivity index (χ0) is 13.8. The molecule has 1 saturated heterocycles. The van der Waals surface area contributed by atoms with Crippen LogP contribution in [0.15, 0.2) is 54.6 Å². The van der Waals surface area contributed by atoms with Crippen LogP contribution >= 0.6 is 0 Å². The van der Waals surface area contributed by atoms with Gasteiger partial charge in [0, 0.05) is 18.8 Å². The molecule has 1 aliphatic heterocycles. The number of carbonyl (C=O) groups excluding carboxylic acids is 1. The molecule has 0 saturated carbocycles. The van der Waals surface area contributed by atoms with Gasteiger partial charge in [0.1, 0.15) is 11.5 Å². The van der Waals surface area contributed by atoms with Gasteiger partial charge in [0.15, 0.2) is 0 Å². The van der Waals surface area contributed by atoms with Crippen LogP contribution in [0.2, 0.25) is 0 Å². The molecular weight excluding hydrogens is 252 g/mol. The third-order valence-corrected chi connectivity index (χ3v) is 3.25. The normalized spacial score (nSPS) is 14.4. The van der Waals surface area contributed by atoms with E-state index in [9.17, 15) is 4.79 Å². The van der Waals surface area contributed by atoms with E-state index in [1.165, 1.54) is 0 Å². The number of carbonyl (C=O) groups is 1. The zero-order valence-corrected chi connectivity index (χ0v) is 11.0. The van der Waals surface area contributed by atoms with Crippen LogP contribution in [0.4, 0.5) is 5.69 Å². The minimum atomic E-state index is 0.0699. The van der Waals surface area contributed by atoms with E-state index < -0.39 is 0 Å². The molecule has 0 aliphatic carbocycles. The van der Waals surface area contributed by atoms with E-state index in [2.05, 4.69) is 10.6 Å². The molecule has 1 amide bonds. The van der Waals surface area contributed by atoms with Crippen molar-refractivity contribution >= 4 is 11.6 Å². The van der Waals surface area contributed by atoms with Gasteiger partial charge in [0.2, 0.25) is 5.91 Å². The summed E-state index contributed by atoms with van der Waals surface area (Å²) in [6, 6.07) is 17.0. The maximum Gasteiger partial charge on any atom is 0.230 e. The predicted molar refractivity (Wildman–Crippen MR) is 77.9 cm³/mol. The molecule has 1 heterocycles. The molecule has 3 rings (SSSR count). The van der Waals surface area contributed by atoms with Crippen LogP contribution in [0, 0.1) is 5.92 Å². The highest BCUT2D eigenvalue weighted by molar-refractivity contribution is 5.93. The minimum Gasteiger partial charge on any atom is -0.457 e. The van der Waals surface area contributed by atoms with Crippen molar-refractivity contribution < 1.29 is 9.53 Å². The molecule has 20 heavy (non-hydrogen) atoms. The molecular formula is C16H16N2O2. The first-order valence-electron chi connectivity index (χ1n) is 6.66. The molecule has 0 spiro atoms. The number of hydrogen-bond acceptors (Lipinski definition) is 3. The average Bonchev–Trinajstić information content (AvgIpc) is 2.40. The van der Waals surface area contributed by atoms with E-state index in [1.807, 2.05) is 54.6 Å². The number of rotatable bonds is 4. The summed E-state index contributed by atoms with van der Waals surface area (Å²) < 4.78 is 5.70. The van der Waals surface area contributed by atoms with E-state index in [0.29, 0.717) is 0 Å². The number of ether oxygens (including phenoxy) is 1. The van der Waals surface area contributed by atoms with E-state index in [1.54, 1.807) is 0 Å². The van der Waals surface area contributed by atoms with Gasteiger partial charge in [-0.3, -0.25) is 4.79 Å². The SMILES string of the molecule is O=C(Nc1ccc(Oc2ccccc2)cc1)C1CNC1. The van der Waals surface area contributed by atoms with Crippen molar-refractivity contribution in [3.8, 4) is 11.5 Å². The summed E-state index contributed by atoms with van der Waals surface area (Å²) in [5.41, 5.74) is 0.794. The molecule has 1 fully saturated rings. The Morgan fingerprint density at radius 2 is 1.65 bits per heavy atom. The minimum absolute atomic E-state index is 0.0699. The Labute approximate surface area is 117 Å². The Balaban J connectivity index is 1.61. The quantitative estimate of drug-likeness (QED) is 0.896. The van der Waals surface area contributed by atoms with Gasteiger partial charge in [-0.25, -0.2) is 0 Å². The summed E-state index contributed by atoms with van der Waals surface area (Å²) >= 11 is 0. The number of nitrogens with one attached hydrogen (secondary N) is 2. The molecule has 1 aliphatic rings. The van der Waals surface area contributed by atoms with Crippen LogP contribution in [0.5, 0.6) is 11.5 Å². The van der Waals surface area contributed by atoms with Crippen LogP contribution in [0.25, 0.3) is 0 Å². The number of amides is 1. The fourth-order valence-corrected chi connectivity index (χ4v) is 1.95. The molecule has 0 aromatic heterocycles. The fraction of sp³-hybridized carbons (Fsp3) is 0.188. The second kappa shape index (κ2) is 5.75. The van der Waals surface area contributed by atoms with E-state index in [0.717, 1.165) is 30.3 Å². The highest BCUT2D eigenvalue weighted by atomic mass is 16.5. The first-order valence-corrected chi connectivity index (χ1v) is 6.66. The molecule has 2 aromatic rings. The average molecular weight is 268 g/mol. The van der Waals surface area contributed by atoms with Crippen LogP contribution in [0.3, 0.4) is 0 Å². The Bertz CT molecular complexity index is 577. The maximum absolute atomic E-state index is 11.8. The molecule has 4 heteroatoms. The number of para-hydroxylation sites is 1. The summed E-state index contributed by atoms with van der Waals surface area (Å²) in [5, 5.41) is 5.98. The van der Waals surface area contributed by atoms with E-state index in [4.69, 9.17) is 4.74 Å². The third-order valence-electron chi connectivity index (χ3n) is 3.25. The molecule has 0 unspecified atom stereocenters. The monoisotopic (exact) mass is 268 g/mol. The van der Waals surface area contributed by atoms with Crippen molar-refractivity contribution in [3.63, 3.8) is 0 Å². The summed E-state index contributed by atoms with van der Waals surface area (Å²) in [6.07, 6.45) is 0. The number of benzene rings is 2. The van der Waals surface area contributed by atoms with Crippen molar-refractivity contribution in [3.05, 3.63) is 54.6 Å². The molecule has 0 atom stereocenters. The molecule has 0 bridgehead atoms. The van der Waals surface area contributed by atoms with Crippen molar-refractivity contribution in [1.82, 2.24) is 5.32 Å². The molecule has 2 N–H and O–H groups in total. The van der Waals surface area contributed by atoms with Crippen LogP contribution in [0.1, 0.15) is 0 Å². The first-order chi connectivity index (χ1) is 9.81. The van der Waals surface area contributed by atoms with Gasteiger partial charge >= 0.3 is 0 Å². The molecule has 0 radical (unpaired) electrons. The highest BCUT2D eigenvalue weighted by Gasteiger charge is 2.24. The second-order valence-corrected chi connectivity index (χ2v) is 4.78. The van der Waals surface area contributed by atoms with Crippen LogP contribution < -0.4 is 15.4 Å². The standard InChI is InChI=1S/C16H16N2O2/c19-16(12-10-17-11-12)18-13-6-8-15(9-7-13)20-14-4-2-1-3-5-14/h1-9,12,17H,10-11H2,(H,18,19). The lowest BCUT2D eigenvalue weighted by Crippen LogP contribution is -2.48. The number of hydrogen-bond donors (Lipinski definition) is 2.